The van der Waals surface area contributed by atoms with Crippen molar-refractivity contribution in [2.24, 2.45) is 7.05 Å². The predicted octanol–water partition coefficient (Wildman–Crippen LogP) is 1.50. The van der Waals surface area contributed by atoms with E-state index in [2.05, 4.69) is 41.1 Å². The zero-order valence-corrected chi connectivity index (χ0v) is 9.20. The topological polar surface area (TPSA) is 21.7 Å². The van der Waals surface area contributed by atoms with E-state index in [0.29, 0.717) is 0 Å². The number of hydrogen-bond acceptors (Lipinski definition) is 1. The number of imidazole rings is 1. The molecule has 2 heterocycles. The molecule has 0 radical (unpaired) electrons. The summed E-state index contributed by atoms with van der Waals surface area (Å²) < 4.78 is 4.50. The van der Waals surface area contributed by atoms with Gasteiger partial charge >= 0.3 is 0 Å². The third-order valence-corrected chi connectivity index (χ3v) is 2.84. The number of rotatable bonds is 1. The number of hydrogen-bond donors (Lipinski definition) is 0. The first-order valence-electron chi connectivity index (χ1n) is 4.96. The molecule has 0 aliphatic heterocycles. The molecule has 74 valence electrons. The van der Waals surface area contributed by atoms with Crippen molar-refractivity contribution in [2.75, 3.05) is 0 Å². The number of fused-ring (bicyclic) bond motifs is 1. The van der Waals surface area contributed by atoms with Crippen LogP contribution < -0.4 is 4.57 Å². The van der Waals surface area contributed by atoms with Gasteiger partial charge in [0.1, 0.15) is 0 Å². The Morgan fingerprint density at radius 2 is 2.14 bits per heavy atom. The Hall–Kier alpha value is -1.38. The van der Waals surface area contributed by atoms with Gasteiger partial charge in [-0.1, -0.05) is 0 Å². The lowest BCUT2D eigenvalue weighted by molar-refractivity contribution is -0.674. The maximum atomic E-state index is 4.32. The van der Waals surface area contributed by atoms with E-state index in [-0.39, 0.29) is 0 Å². The molecule has 0 aliphatic carbocycles. The largest absolute Gasteiger partial charge is 0.257 e. The SMILES string of the molecule is CC[n+]1c(C)n(C)c2cnc(C)cc21. The average molecular weight is 190 g/mol. The third kappa shape index (κ3) is 1.12. The second kappa shape index (κ2) is 3.08. The lowest BCUT2D eigenvalue weighted by Crippen LogP contribution is -2.34. The summed E-state index contributed by atoms with van der Waals surface area (Å²) in [5.74, 6) is 1.27. The van der Waals surface area contributed by atoms with E-state index < -0.39 is 0 Å². The zero-order chi connectivity index (χ0) is 10.3. The molecule has 0 N–H and O–H groups in total. The van der Waals surface area contributed by atoms with E-state index in [1.165, 1.54) is 16.9 Å². The Morgan fingerprint density at radius 3 is 2.79 bits per heavy atom. The van der Waals surface area contributed by atoms with Gasteiger partial charge in [-0.3, -0.25) is 4.98 Å². The Kier molecular flexibility index (Phi) is 2.02. The highest BCUT2D eigenvalue weighted by Gasteiger charge is 2.17. The monoisotopic (exact) mass is 190 g/mol. The number of nitrogens with zero attached hydrogens (tertiary/aromatic N) is 3. The van der Waals surface area contributed by atoms with Crippen molar-refractivity contribution in [3.05, 3.63) is 23.8 Å². The van der Waals surface area contributed by atoms with Gasteiger partial charge in [0.2, 0.25) is 0 Å². The highest BCUT2D eigenvalue weighted by Crippen LogP contribution is 2.12. The van der Waals surface area contributed by atoms with Gasteiger partial charge in [-0.25, -0.2) is 9.13 Å². The Bertz CT molecular complexity index is 483. The Morgan fingerprint density at radius 1 is 1.43 bits per heavy atom. The summed E-state index contributed by atoms with van der Waals surface area (Å²) in [6.07, 6.45) is 1.95. The highest BCUT2D eigenvalue weighted by molar-refractivity contribution is 5.71. The molecule has 3 nitrogen and oxygen atoms in total. The van der Waals surface area contributed by atoms with E-state index >= 15 is 0 Å². The van der Waals surface area contributed by atoms with Gasteiger partial charge in [-0.2, -0.15) is 0 Å². The molecule has 2 aromatic heterocycles. The maximum Gasteiger partial charge on any atom is 0.254 e. The molecular weight excluding hydrogens is 174 g/mol. The van der Waals surface area contributed by atoms with Crippen molar-refractivity contribution >= 4 is 11.0 Å². The van der Waals surface area contributed by atoms with Crippen LogP contribution in [0.1, 0.15) is 18.4 Å². The number of aromatic nitrogens is 3. The van der Waals surface area contributed by atoms with Crippen LogP contribution in [0.25, 0.3) is 11.0 Å². The lowest BCUT2D eigenvalue weighted by Gasteiger charge is -1.93. The van der Waals surface area contributed by atoms with Crippen LogP contribution >= 0.6 is 0 Å². The maximum absolute atomic E-state index is 4.32. The molecular formula is C11H16N3+. The molecule has 2 aromatic rings. The molecule has 0 bridgehead atoms. The molecule has 0 aliphatic rings. The van der Waals surface area contributed by atoms with Crippen LogP contribution in [0, 0.1) is 13.8 Å². The van der Waals surface area contributed by atoms with E-state index in [1.807, 2.05) is 13.1 Å². The van der Waals surface area contributed by atoms with E-state index in [0.717, 1.165) is 12.2 Å². The minimum atomic E-state index is 1.01. The van der Waals surface area contributed by atoms with Gasteiger partial charge in [0.15, 0.2) is 11.0 Å². The van der Waals surface area contributed by atoms with Gasteiger partial charge in [0, 0.05) is 18.7 Å². The fraction of sp³-hybridized carbons (Fsp3) is 0.455. The summed E-state index contributed by atoms with van der Waals surface area (Å²) in [6, 6.07) is 2.14. The van der Waals surface area contributed by atoms with Crippen molar-refractivity contribution in [1.29, 1.82) is 0 Å². The summed E-state index contributed by atoms with van der Waals surface area (Å²) in [4.78, 5) is 4.32. The van der Waals surface area contributed by atoms with Crippen LogP contribution in [0.5, 0.6) is 0 Å². The summed E-state index contributed by atoms with van der Waals surface area (Å²) in [5.41, 5.74) is 3.56. The molecule has 0 saturated heterocycles. The van der Waals surface area contributed by atoms with E-state index in [1.54, 1.807) is 0 Å². The van der Waals surface area contributed by atoms with Crippen molar-refractivity contribution in [2.45, 2.75) is 27.3 Å². The fourth-order valence-electron chi connectivity index (χ4n) is 1.94. The first-order valence-corrected chi connectivity index (χ1v) is 4.96. The van der Waals surface area contributed by atoms with Crippen LogP contribution in [0.15, 0.2) is 12.3 Å². The predicted molar refractivity (Wildman–Crippen MR) is 56.1 cm³/mol. The normalized spacial score (nSPS) is 11.1. The van der Waals surface area contributed by atoms with Gasteiger partial charge in [0.05, 0.1) is 19.8 Å². The average Bonchev–Trinajstić information content (AvgIpc) is 2.39. The second-order valence-electron chi connectivity index (χ2n) is 3.66. The van der Waals surface area contributed by atoms with Crippen LogP contribution in [0.4, 0.5) is 0 Å². The van der Waals surface area contributed by atoms with Crippen molar-refractivity contribution in [3.8, 4) is 0 Å². The standard InChI is InChI=1S/C11H16N3/c1-5-14-9(3)13(4)11-7-12-8(2)6-10(11)14/h6-7H,5H2,1-4H3/q+1. The molecule has 0 spiro atoms. The highest BCUT2D eigenvalue weighted by atomic mass is 15.2. The van der Waals surface area contributed by atoms with Crippen molar-refractivity contribution in [1.82, 2.24) is 9.55 Å². The molecule has 0 atom stereocenters. The van der Waals surface area contributed by atoms with Crippen LogP contribution in [-0.2, 0) is 13.6 Å². The quantitative estimate of drug-likeness (QED) is 0.624. The molecule has 0 saturated carbocycles. The van der Waals surface area contributed by atoms with Crippen molar-refractivity contribution < 1.29 is 4.57 Å². The van der Waals surface area contributed by atoms with E-state index in [4.69, 9.17) is 0 Å². The minimum Gasteiger partial charge on any atom is -0.257 e. The van der Waals surface area contributed by atoms with Crippen LogP contribution in [0.2, 0.25) is 0 Å². The van der Waals surface area contributed by atoms with Gasteiger partial charge in [-0.15, -0.1) is 0 Å². The molecule has 3 heteroatoms. The Labute approximate surface area is 84.0 Å². The second-order valence-corrected chi connectivity index (χ2v) is 3.66. The molecule has 0 aromatic carbocycles. The van der Waals surface area contributed by atoms with Crippen LogP contribution in [0.3, 0.4) is 0 Å². The molecule has 14 heavy (non-hydrogen) atoms. The number of aryl methyl sites for hydroxylation is 3. The van der Waals surface area contributed by atoms with E-state index in [9.17, 15) is 0 Å². The molecule has 0 amide bonds. The summed E-state index contributed by atoms with van der Waals surface area (Å²) >= 11 is 0. The lowest BCUT2D eigenvalue weighted by atomic mass is 10.3. The third-order valence-electron chi connectivity index (χ3n) is 2.84. The molecule has 0 fully saturated rings. The van der Waals surface area contributed by atoms with Crippen molar-refractivity contribution in [3.63, 3.8) is 0 Å². The summed E-state index contributed by atoms with van der Waals surface area (Å²) in [5, 5.41) is 0. The minimum absolute atomic E-state index is 1.01. The van der Waals surface area contributed by atoms with Crippen LogP contribution in [-0.4, -0.2) is 9.55 Å². The fourth-order valence-corrected chi connectivity index (χ4v) is 1.94. The molecule has 2 rings (SSSR count). The summed E-state index contributed by atoms with van der Waals surface area (Å²) in [6.45, 7) is 7.34. The smallest absolute Gasteiger partial charge is 0.254 e. The zero-order valence-electron chi connectivity index (χ0n) is 9.20. The summed E-state index contributed by atoms with van der Waals surface area (Å²) in [7, 11) is 2.08. The van der Waals surface area contributed by atoms with Gasteiger partial charge in [-0.05, 0) is 13.8 Å². The first-order chi connectivity index (χ1) is 6.65. The molecule has 0 unspecified atom stereocenters. The Balaban J connectivity index is 2.89. The number of pyridine rings is 1. The first kappa shape index (κ1) is 9.19. The van der Waals surface area contributed by atoms with Gasteiger partial charge in [0.25, 0.3) is 5.82 Å². The van der Waals surface area contributed by atoms with Gasteiger partial charge < -0.3 is 0 Å².